The van der Waals surface area contributed by atoms with Crippen LogP contribution in [0.4, 0.5) is 5.69 Å². The zero-order valence-corrected chi connectivity index (χ0v) is 6.71. The molecule has 0 N–H and O–H groups in total. The van der Waals surface area contributed by atoms with Crippen LogP contribution in [0.2, 0.25) is 5.02 Å². The first-order chi connectivity index (χ1) is 5.21. The number of hydroxylamine groups is 2. The van der Waals surface area contributed by atoms with Crippen LogP contribution >= 0.6 is 11.6 Å². The van der Waals surface area contributed by atoms with Gasteiger partial charge in [0, 0.05) is 17.2 Å². The molecule has 3 heteroatoms. The molecule has 0 spiro atoms. The maximum atomic E-state index is 11.4. The predicted octanol–water partition coefficient (Wildman–Crippen LogP) is 2.16. The first-order valence-electron chi connectivity index (χ1n) is 3.55. The number of rotatable bonds is 1. The summed E-state index contributed by atoms with van der Waals surface area (Å²) in [7, 11) is 0. The molecule has 0 amide bonds. The van der Waals surface area contributed by atoms with Gasteiger partial charge in [-0.25, -0.2) is 0 Å². The summed E-state index contributed by atoms with van der Waals surface area (Å²) in [6.07, 6.45) is 0. The van der Waals surface area contributed by atoms with Gasteiger partial charge in [-0.1, -0.05) is 11.6 Å². The van der Waals surface area contributed by atoms with E-state index in [1.807, 2.05) is 0 Å². The van der Waals surface area contributed by atoms with Crippen LogP contribution in [0.25, 0.3) is 0 Å². The Morgan fingerprint density at radius 3 is 2.18 bits per heavy atom. The standard InChI is InChI=1S/C8H8ClNO/c9-7-1-3-8(4-2-7)10(11)5-6-10/h1-4H,5-6H2. The molecule has 0 unspecified atom stereocenters. The molecule has 58 valence electrons. The molecule has 1 heterocycles. The molecular weight excluding hydrogens is 162 g/mol. The number of quaternary nitrogens is 1. The van der Waals surface area contributed by atoms with E-state index in [0.29, 0.717) is 18.1 Å². The van der Waals surface area contributed by atoms with Crippen molar-refractivity contribution in [3.8, 4) is 0 Å². The quantitative estimate of drug-likeness (QED) is 0.359. The fraction of sp³-hybridized carbons (Fsp3) is 0.250. The van der Waals surface area contributed by atoms with Crippen molar-refractivity contribution < 1.29 is 0 Å². The van der Waals surface area contributed by atoms with Gasteiger partial charge in [0.05, 0.1) is 0 Å². The highest BCUT2D eigenvalue weighted by atomic mass is 35.5. The second-order valence-corrected chi connectivity index (χ2v) is 3.25. The molecule has 2 nitrogen and oxygen atoms in total. The minimum Gasteiger partial charge on any atom is -0.627 e. The SMILES string of the molecule is [O-][N+]1(c2ccc(Cl)cc2)CC1. The number of halogens is 1. The van der Waals surface area contributed by atoms with E-state index in [4.69, 9.17) is 11.6 Å². The van der Waals surface area contributed by atoms with Crippen molar-refractivity contribution in [2.45, 2.75) is 0 Å². The van der Waals surface area contributed by atoms with E-state index in [1.165, 1.54) is 0 Å². The van der Waals surface area contributed by atoms with Gasteiger partial charge < -0.3 is 9.85 Å². The average molecular weight is 170 g/mol. The molecule has 2 rings (SSSR count). The third kappa shape index (κ3) is 1.25. The second-order valence-electron chi connectivity index (χ2n) is 2.81. The smallest absolute Gasteiger partial charge is 0.134 e. The normalized spacial score (nSPS) is 19.8. The van der Waals surface area contributed by atoms with Crippen molar-refractivity contribution in [2.75, 3.05) is 13.1 Å². The lowest BCUT2D eigenvalue weighted by molar-refractivity contribution is 0.731. The zero-order chi connectivity index (χ0) is 7.90. The maximum Gasteiger partial charge on any atom is 0.134 e. The first kappa shape index (κ1) is 7.10. The summed E-state index contributed by atoms with van der Waals surface area (Å²) >= 11 is 5.67. The van der Waals surface area contributed by atoms with E-state index < -0.39 is 0 Å². The Bertz CT molecular complexity index is 266. The molecule has 1 saturated heterocycles. The van der Waals surface area contributed by atoms with Crippen LogP contribution in [0.1, 0.15) is 0 Å². The van der Waals surface area contributed by atoms with E-state index >= 15 is 0 Å². The first-order valence-corrected chi connectivity index (χ1v) is 3.93. The van der Waals surface area contributed by atoms with Gasteiger partial charge in [-0.05, 0) is 12.1 Å². The van der Waals surface area contributed by atoms with Crippen molar-refractivity contribution in [3.63, 3.8) is 0 Å². The lowest BCUT2D eigenvalue weighted by Gasteiger charge is -2.20. The molecule has 0 bridgehead atoms. The molecule has 11 heavy (non-hydrogen) atoms. The van der Waals surface area contributed by atoms with Crippen LogP contribution in [0, 0.1) is 5.21 Å². The number of hydrogen-bond donors (Lipinski definition) is 0. The summed E-state index contributed by atoms with van der Waals surface area (Å²) in [5.74, 6) is 0. The zero-order valence-electron chi connectivity index (χ0n) is 5.96. The number of benzene rings is 1. The van der Waals surface area contributed by atoms with E-state index in [9.17, 15) is 5.21 Å². The highest BCUT2D eigenvalue weighted by Crippen LogP contribution is 2.30. The summed E-state index contributed by atoms with van der Waals surface area (Å²) < 4.78 is -0.169. The molecule has 0 aromatic heterocycles. The highest BCUT2D eigenvalue weighted by Gasteiger charge is 2.34. The lowest BCUT2D eigenvalue weighted by Crippen LogP contribution is -2.14. The Labute approximate surface area is 70.2 Å². The average Bonchev–Trinajstić information content (AvgIpc) is 2.70. The highest BCUT2D eigenvalue weighted by molar-refractivity contribution is 6.30. The monoisotopic (exact) mass is 169 g/mol. The predicted molar refractivity (Wildman–Crippen MR) is 46.3 cm³/mol. The molecule has 0 radical (unpaired) electrons. The van der Waals surface area contributed by atoms with Crippen LogP contribution in [0.5, 0.6) is 0 Å². The van der Waals surface area contributed by atoms with Crippen molar-refractivity contribution in [3.05, 3.63) is 34.5 Å². The van der Waals surface area contributed by atoms with Crippen LogP contribution < -0.4 is 4.65 Å². The fourth-order valence-electron chi connectivity index (χ4n) is 1.06. The molecule has 1 aromatic rings. The van der Waals surface area contributed by atoms with E-state index in [-0.39, 0.29) is 4.65 Å². The van der Waals surface area contributed by atoms with Gasteiger partial charge in [0.25, 0.3) is 0 Å². The molecule has 0 aliphatic carbocycles. The van der Waals surface area contributed by atoms with Gasteiger partial charge >= 0.3 is 0 Å². The van der Waals surface area contributed by atoms with Crippen LogP contribution in [0.15, 0.2) is 24.3 Å². The molecule has 1 fully saturated rings. The van der Waals surface area contributed by atoms with E-state index in [2.05, 4.69) is 0 Å². The van der Waals surface area contributed by atoms with Crippen LogP contribution in [0.3, 0.4) is 0 Å². The van der Waals surface area contributed by atoms with Crippen LogP contribution in [-0.4, -0.2) is 13.1 Å². The summed E-state index contributed by atoms with van der Waals surface area (Å²) in [5, 5.41) is 12.1. The van der Waals surface area contributed by atoms with Gasteiger partial charge in [-0.3, -0.25) is 0 Å². The van der Waals surface area contributed by atoms with Gasteiger partial charge in [-0.2, -0.15) is 0 Å². The minimum absolute atomic E-state index is 0.169. The van der Waals surface area contributed by atoms with Gasteiger partial charge in [0.15, 0.2) is 0 Å². The van der Waals surface area contributed by atoms with Crippen molar-refractivity contribution in [1.29, 1.82) is 0 Å². The van der Waals surface area contributed by atoms with E-state index in [1.54, 1.807) is 24.3 Å². The van der Waals surface area contributed by atoms with Crippen molar-refractivity contribution in [1.82, 2.24) is 4.65 Å². The van der Waals surface area contributed by atoms with Gasteiger partial charge in [0.1, 0.15) is 18.8 Å². The summed E-state index contributed by atoms with van der Waals surface area (Å²) in [6, 6.07) is 7.10. The second kappa shape index (κ2) is 2.21. The topological polar surface area (TPSA) is 23.1 Å². The molecule has 1 aliphatic heterocycles. The Balaban J connectivity index is 2.33. The summed E-state index contributed by atoms with van der Waals surface area (Å²) in [4.78, 5) is 0. The third-order valence-electron chi connectivity index (χ3n) is 1.93. The molecule has 1 aliphatic rings. The molecule has 1 aromatic carbocycles. The van der Waals surface area contributed by atoms with Gasteiger partial charge in [-0.15, -0.1) is 0 Å². The van der Waals surface area contributed by atoms with E-state index in [0.717, 1.165) is 5.69 Å². The molecular formula is C8H8ClNO. The third-order valence-corrected chi connectivity index (χ3v) is 2.18. The lowest BCUT2D eigenvalue weighted by atomic mass is 10.3. The maximum absolute atomic E-state index is 11.4. The fourth-order valence-corrected chi connectivity index (χ4v) is 1.19. The molecule has 0 saturated carbocycles. The Morgan fingerprint density at radius 2 is 1.73 bits per heavy atom. The summed E-state index contributed by atoms with van der Waals surface area (Å²) in [6.45, 7) is 1.42. The largest absolute Gasteiger partial charge is 0.627 e. The number of nitrogens with zero attached hydrogens (tertiary/aromatic N) is 1. The summed E-state index contributed by atoms with van der Waals surface area (Å²) in [5.41, 5.74) is 0.814. The Hall–Kier alpha value is -0.570. The van der Waals surface area contributed by atoms with Crippen LogP contribution in [-0.2, 0) is 0 Å². The van der Waals surface area contributed by atoms with Crippen molar-refractivity contribution in [2.24, 2.45) is 0 Å². The van der Waals surface area contributed by atoms with Crippen molar-refractivity contribution >= 4 is 17.3 Å². The Morgan fingerprint density at radius 1 is 1.18 bits per heavy atom. The van der Waals surface area contributed by atoms with Gasteiger partial charge in [0.2, 0.25) is 0 Å². The number of hydrogen-bond acceptors (Lipinski definition) is 1. The Kier molecular flexibility index (Phi) is 1.42. The molecule has 0 atom stereocenters. The minimum atomic E-state index is -0.169.